The molecule has 19 heavy (non-hydrogen) atoms. The van der Waals surface area contributed by atoms with Crippen molar-refractivity contribution in [2.75, 3.05) is 26.8 Å². The van der Waals surface area contributed by atoms with Crippen molar-refractivity contribution in [3.8, 4) is 0 Å². The zero-order chi connectivity index (χ0) is 14.1. The van der Waals surface area contributed by atoms with Crippen molar-refractivity contribution in [1.82, 2.24) is 10.6 Å². The Hall–Kier alpha value is -1.59. The summed E-state index contributed by atoms with van der Waals surface area (Å²) >= 11 is 0. The van der Waals surface area contributed by atoms with Crippen LogP contribution >= 0.6 is 0 Å². The third-order valence-corrected chi connectivity index (χ3v) is 2.68. The number of hydrogen-bond acceptors (Lipinski definition) is 3. The maximum Gasteiger partial charge on any atom is 0.314 e. The highest BCUT2D eigenvalue weighted by atomic mass is 16.5. The number of aliphatic hydroxyl groups is 1. The number of aliphatic hydroxyl groups excluding tert-OH is 1. The van der Waals surface area contributed by atoms with Crippen molar-refractivity contribution in [2.24, 2.45) is 0 Å². The van der Waals surface area contributed by atoms with E-state index in [9.17, 15) is 9.90 Å². The first kappa shape index (κ1) is 15.5. The predicted octanol–water partition coefficient (Wildman–Crippen LogP) is 0.844. The molecule has 3 N–H and O–H groups in total. The van der Waals surface area contributed by atoms with Gasteiger partial charge < -0.3 is 20.5 Å². The first-order chi connectivity index (χ1) is 9.11. The summed E-state index contributed by atoms with van der Waals surface area (Å²) in [5, 5.41) is 14.7. The van der Waals surface area contributed by atoms with E-state index in [0.717, 1.165) is 6.42 Å². The number of benzene rings is 1. The van der Waals surface area contributed by atoms with Crippen LogP contribution < -0.4 is 10.6 Å². The lowest BCUT2D eigenvalue weighted by Gasteiger charge is -2.11. The van der Waals surface area contributed by atoms with Crippen molar-refractivity contribution in [1.29, 1.82) is 0 Å². The number of carbonyl (C=O) groups excluding carboxylic acids is 1. The quantitative estimate of drug-likeness (QED) is 0.685. The van der Waals surface area contributed by atoms with Crippen LogP contribution in [0.25, 0.3) is 0 Å². The Morgan fingerprint density at radius 3 is 2.63 bits per heavy atom. The summed E-state index contributed by atoms with van der Waals surface area (Å²) in [6.45, 7) is 3.00. The first-order valence-corrected chi connectivity index (χ1v) is 6.36. The van der Waals surface area contributed by atoms with Gasteiger partial charge in [0.2, 0.25) is 0 Å². The number of methoxy groups -OCH3 is 1. The number of urea groups is 1. The van der Waals surface area contributed by atoms with Gasteiger partial charge in [-0.05, 0) is 18.9 Å². The summed E-state index contributed by atoms with van der Waals surface area (Å²) in [5.74, 6) is 0. The van der Waals surface area contributed by atoms with Gasteiger partial charge in [0.25, 0.3) is 0 Å². The molecule has 0 aliphatic carbocycles. The van der Waals surface area contributed by atoms with Crippen LogP contribution in [0.2, 0.25) is 0 Å². The molecule has 0 heterocycles. The second-order valence-electron chi connectivity index (χ2n) is 4.48. The monoisotopic (exact) mass is 266 g/mol. The molecule has 0 fully saturated rings. The topological polar surface area (TPSA) is 70.6 Å². The molecule has 0 aliphatic heterocycles. The standard InChI is InChI=1S/C14H22N2O3/c1-11-3-5-12(6-4-11)7-8-15-14(18)16-9-13(17)10-19-2/h3-6,13,17H,7-10H2,1-2H3,(H2,15,16,18). The van der Waals surface area contributed by atoms with Crippen LogP contribution in [0.3, 0.4) is 0 Å². The van der Waals surface area contributed by atoms with Gasteiger partial charge in [0.1, 0.15) is 0 Å². The van der Waals surface area contributed by atoms with Gasteiger partial charge in [-0.25, -0.2) is 4.79 Å². The Bertz CT molecular complexity index is 379. The molecule has 0 radical (unpaired) electrons. The van der Waals surface area contributed by atoms with Crippen LogP contribution in [0.1, 0.15) is 11.1 Å². The van der Waals surface area contributed by atoms with Gasteiger partial charge in [0.15, 0.2) is 0 Å². The highest BCUT2D eigenvalue weighted by Gasteiger charge is 2.05. The normalized spacial score (nSPS) is 11.9. The molecule has 0 saturated heterocycles. The van der Waals surface area contributed by atoms with Crippen molar-refractivity contribution >= 4 is 6.03 Å². The van der Waals surface area contributed by atoms with Gasteiger partial charge in [0, 0.05) is 20.2 Å². The van der Waals surface area contributed by atoms with Crippen molar-refractivity contribution < 1.29 is 14.6 Å². The van der Waals surface area contributed by atoms with E-state index in [1.165, 1.54) is 18.2 Å². The molecule has 106 valence electrons. The third-order valence-electron chi connectivity index (χ3n) is 2.68. The fourth-order valence-electron chi connectivity index (χ4n) is 1.60. The summed E-state index contributed by atoms with van der Waals surface area (Å²) in [4.78, 5) is 11.4. The summed E-state index contributed by atoms with van der Waals surface area (Å²) in [6.07, 6.45) is 0.113. The van der Waals surface area contributed by atoms with E-state index in [0.29, 0.717) is 6.54 Å². The molecule has 0 aliphatic rings. The summed E-state index contributed by atoms with van der Waals surface area (Å²) in [5.41, 5.74) is 2.41. The molecule has 1 aromatic carbocycles. The van der Waals surface area contributed by atoms with Gasteiger partial charge in [-0.2, -0.15) is 0 Å². The van der Waals surface area contributed by atoms with Crippen molar-refractivity contribution in [3.63, 3.8) is 0 Å². The lowest BCUT2D eigenvalue weighted by Crippen LogP contribution is -2.41. The molecule has 0 spiro atoms. The largest absolute Gasteiger partial charge is 0.389 e. The summed E-state index contributed by atoms with van der Waals surface area (Å²) in [7, 11) is 1.50. The fourth-order valence-corrected chi connectivity index (χ4v) is 1.60. The van der Waals surface area contributed by atoms with Gasteiger partial charge in [-0.3, -0.25) is 0 Å². The van der Waals surface area contributed by atoms with Crippen LogP contribution in [0, 0.1) is 6.92 Å². The Labute approximate surface area is 114 Å². The molecule has 1 atom stereocenters. The number of rotatable bonds is 7. The molecular formula is C14H22N2O3. The number of nitrogens with one attached hydrogen (secondary N) is 2. The lowest BCUT2D eigenvalue weighted by molar-refractivity contribution is 0.0660. The SMILES string of the molecule is COCC(O)CNC(=O)NCCc1ccc(C)cc1. The van der Waals surface area contributed by atoms with Gasteiger partial charge in [-0.15, -0.1) is 0 Å². The number of aryl methyl sites for hydroxylation is 1. The van der Waals surface area contributed by atoms with Crippen LogP contribution in [-0.4, -0.2) is 44.0 Å². The molecule has 5 heteroatoms. The average Bonchev–Trinajstić information content (AvgIpc) is 2.39. The minimum atomic E-state index is -0.673. The Morgan fingerprint density at radius 1 is 1.32 bits per heavy atom. The van der Waals surface area contributed by atoms with Crippen LogP contribution in [-0.2, 0) is 11.2 Å². The molecular weight excluding hydrogens is 244 g/mol. The second kappa shape index (κ2) is 8.50. The van der Waals surface area contributed by atoms with E-state index in [1.54, 1.807) is 0 Å². The minimum absolute atomic E-state index is 0.185. The smallest absolute Gasteiger partial charge is 0.314 e. The van der Waals surface area contributed by atoms with E-state index in [1.807, 2.05) is 6.92 Å². The van der Waals surface area contributed by atoms with Crippen LogP contribution in [0.15, 0.2) is 24.3 Å². The van der Waals surface area contributed by atoms with Crippen LogP contribution in [0.5, 0.6) is 0 Å². The minimum Gasteiger partial charge on any atom is -0.389 e. The predicted molar refractivity (Wildman–Crippen MR) is 74.2 cm³/mol. The van der Waals surface area contributed by atoms with Gasteiger partial charge in [-0.1, -0.05) is 29.8 Å². The summed E-state index contributed by atoms with van der Waals surface area (Å²) in [6, 6.07) is 7.93. The van der Waals surface area contributed by atoms with E-state index in [2.05, 4.69) is 34.9 Å². The Kier molecular flexibility index (Phi) is 6.92. The molecule has 1 rings (SSSR count). The highest BCUT2D eigenvalue weighted by molar-refractivity contribution is 5.73. The first-order valence-electron chi connectivity index (χ1n) is 6.36. The average molecular weight is 266 g/mol. The number of amides is 2. The van der Waals surface area contributed by atoms with Crippen molar-refractivity contribution in [3.05, 3.63) is 35.4 Å². The zero-order valence-corrected chi connectivity index (χ0v) is 11.5. The highest BCUT2D eigenvalue weighted by Crippen LogP contribution is 2.02. The van der Waals surface area contributed by atoms with Crippen LogP contribution in [0.4, 0.5) is 4.79 Å². The van der Waals surface area contributed by atoms with E-state index in [-0.39, 0.29) is 19.2 Å². The van der Waals surface area contributed by atoms with E-state index >= 15 is 0 Å². The number of hydrogen-bond donors (Lipinski definition) is 3. The maximum atomic E-state index is 11.4. The number of ether oxygens (including phenoxy) is 1. The van der Waals surface area contributed by atoms with Crippen molar-refractivity contribution in [2.45, 2.75) is 19.4 Å². The molecule has 0 aromatic heterocycles. The fraction of sp³-hybridized carbons (Fsp3) is 0.500. The lowest BCUT2D eigenvalue weighted by atomic mass is 10.1. The molecule has 0 saturated carbocycles. The molecule has 0 bridgehead atoms. The van der Waals surface area contributed by atoms with Gasteiger partial charge >= 0.3 is 6.03 Å². The third kappa shape index (κ3) is 6.79. The molecule has 1 unspecified atom stereocenters. The molecule has 5 nitrogen and oxygen atoms in total. The molecule has 2 amide bonds. The second-order valence-corrected chi connectivity index (χ2v) is 4.48. The zero-order valence-electron chi connectivity index (χ0n) is 11.5. The van der Waals surface area contributed by atoms with Gasteiger partial charge in [0.05, 0.1) is 12.7 Å². The Balaban J connectivity index is 2.15. The molecule has 1 aromatic rings. The Morgan fingerprint density at radius 2 is 2.00 bits per heavy atom. The summed E-state index contributed by atoms with van der Waals surface area (Å²) < 4.78 is 4.76. The number of carbonyl (C=O) groups is 1. The van der Waals surface area contributed by atoms with E-state index < -0.39 is 6.10 Å². The van der Waals surface area contributed by atoms with E-state index in [4.69, 9.17) is 4.74 Å². The maximum absolute atomic E-state index is 11.4.